The first-order chi connectivity index (χ1) is 14.6. The van der Waals surface area contributed by atoms with E-state index in [-0.39, 0.29) is 61.8 Å². The molecule has 1 aromatic heterocycles. The molecular formula is C22H29F3N2O4. The molecule has 0 bridgehead atoms. The fourth-order valence-corrected chi connectivity index (χ4v) is 4.37. The predicted molar refractivity (Wildman–Crippen MR) is 106 cm³/mol. The number of amides is 1. The Morgan fingerprint density at radius 3 is 2.61 bits per heavy atom. The summed E-state index contributed by atoms with van der Waals surface area (Å²) >= 11 is 0. The lowest BCUT2D eigenvalue weighted by Gasteiger charge is -2.32. The molecule has 0 spiro atoms. The average molecular weight is 442 g/mol. The molecule has 1 aliphatic carbocycles. The van der Waals surface area contributed by atoms with E-state index in [1.165, 1.54) is 6.20 Å². The first-order valence-electron chi connectivity index (χ1n) is 10.7. The summed E-state index contributed by atoms with van der Waals surface area (Å²) in [6, 6.07) is 3.32. The number of halogens is 3. The molecule has 9 heteroatoms. The molecule has 0 aromatic carbocycles. The number of aromatic nitrogens is 1. The summed E-state index contributed by atoms with van der Waals surface area (Å²) in [4.78, 5) is 30.7. The average Bonchev–Trinajstić information content (AvgIpc) is 3.14. The highest BCUT2D eigenvalue weighted by Gasteiger charge is 2.44. The molecule has 2 aliphatic rings. The van der Waals surface area contributed by atoms with Crippen molar-refractivity contribution in [3.05, 3.63) is 24.0 Å². The number of hydrogen-bond donors (Lipinski definition) is 0. The Bertz CT molecular complexity index is 793. The van der Waals surface area contributed by atoms with Crippen LogP contribution in [-0.4, -0.2) is 54.2 Å². The molecule has 0 N–H and O–H groups in total. The summed E-state index contributed by atoms with van der Waals surface area (Å²) in [7, 11) is 0. The highest BCUT2D eigenvalue weighted by Crippen LogP contribution is 2.41. The maximum absolute atomic E-state index is 12.9. The fourth-order valence-electron chi connectivity index (χ4n) is 4.37. The first-order valence-corrected chi connectivity index (χ1v) is 10.7. The first kappa shape index (κ1) is 23.3. The predicted octanol–water partition coefficient (Wildman–Crippen LogP) is 4.24. The number of esters is 1. The molecule has 1 aromatic rings. The summed E-state index contributed by atoms with van der Waals surface area (Å²) in [6.45, 7) is 5.25. The van der Waals surface area contributed by atoms with Gasteiger partial charge in [0.2, 0.25) is 5.91 Å². The van der Waals surface area contributed by atoms with E-state index in [0.29, 0.717) is 25.3 Å². The zero-order valence-electron chi connectivity index (χ0n) is 17.9. The molecule has 0 radical (unpaired) electrons. The third kappa shape index (κ3) is 5.68. The second kappa shape index (κ2) is 9.44. The monoisotopic (exact) mass is 442 g/mol. The van der Waals surface area contributed by atoms with E-state index in [9.17, 15) is 22.8 Å². The van der Waals surface area contributed by atoms with Crippen LogP contribution >= 0.6 is 0 Å². The standard InChI is InChI=1S/C22H29F3N2O4/c1-3-30-20(29)18-17(5-4-11-26-18)31-14-21(2)10-12-27(13-21)19(28)15-6-8-16(9-7-15)22(23,24)25/h4-5,11,15-16H,3,6-10,12-14H2,1-2H3/t15-,16-,21?. The molecule has 2 heterocycles. The number of hydrogen-bond acceptors (Lipinski definition) is 5. The van der Waals surface area contributed by atoms with Crippen molar-refractivity contribution in [2.45, 2.75) is 52.1 Å². The number of rotatable bonds is 6. The molecule has 1 atom stereocenters. The maximum atomic E-state index is 12.9. The smallest absolute Gasteiger partial charge is 0.391 e. The van der Waals surface area contributed by atoms with Crippen molar-refractivity contribution >= 4 is 11.9 Å². The third-order valence-electron chi connectivity index (χ3n) is 6.22. The van der Waals surface area contributed by atoms with Gasteiger partial charge in [-0.2, -0.15) is 13.2 Å². The van der Waals surface area contributed by atoms with Crippen LogP contribution < -0.4 is 4.74 Å². The van der Waals surface area contributed by atoms with Gasteiger partial charge in [0.05, 0.1) is 19.1 Å². The van der Waals surface area contributed by atoms with E-state index in [2.05, 4.69) is 4.98 Å². The number of nitrogens with zero attached hydrogens (tertiary/aromatic N) is 2. The summed E-state index contributed by atoms with van der Waals surface area (Å²) < 4.78 is 49.5. The topological polar surface area (TPSA) is 68.7 Å². The highest BCUT2D eigenvalue weighted by molar-refractivity contribution is 5.90. The van der Waals surface area contributed by atoms with Gasteiger partial charge in [-0.05, 0) is 51.2 Å². The van der Waals surface area contributed by atoms with Gasteiger partial charge in [-0.1, -0.05) is 6.92 Å². The Morgan fingerprint density at radius 1 is 1.26 bits per heavy atom. The molecule has 31 heavy (non-hydrogen) atoms. The van der Waals surface area contributed by atoms with Gasteiger partial charge in [0, 0.05) is 30.6 Å². The minimum absolute atomic E-state index is 0.0196. The van der Waals surface area contributed by atoms with Gasteiger partial charge in [0.25, 0.3) is 0 Å². The van der Waals surface area contributed by atoms with E-state index in [1.807, 2.05) is 6.92 Å². The number of carbonyl (C=O) groups excluding carboxylic acids is 2. The number of pyridine rings is 1. The van der Waals surface area contributed by atoms with Gasteiger partial charge in [-0.15, -0.1) is 0 Å². The van der Waals surface area contributed by atoms with Gasteiger partial charge < -0.3 is 14.4 Å². The van der Waals surface area contributed by atoms with Crippen LogP contribution in [0.2, 0.25) is 0 Å². The van der Waals surface area contributed by atoms with E-state index < -0.39 is 18.1 Å². The third-order valence-corrected chi connectivity index (χ3v) is 6.22. The Kier molecular flexibility index (Phi) is 7.11. The van der Waals surface area contributed by atoms with Crippen LogP contribution in [0, 0.1) is 17.3 Å². The molecule has 1 unspecified atom stereocenters. The lowest BCUT2D eigenvalue weighted by molar-refractivity contribution is -0.185. The maximum Gasteiger partial charge on any atom is 0.391 e. The van der Waals surface area contributed by atoms with E-state index in [4.69, 9.17) is 9.47 Å². The van der Waals surface area contributed by atoms with Crippen LogP contribution in [-0.2, 0) is 9.53 Å². The summed E-state index contributed by atoms with van der Waals surface area (Å²) in [5.41, 5.74) is -0.207. The summed E-state index contributed by atoms with van der Waals surface area (Å²) in [5, 5.41) is 0. The quantitative estimate of drug-likeness (QED) is 0.617. The van der Waals surface area contributed by atoms with Gasteiger partial charge in [-0.3, -0.25) is 4.79 Å². The number of ether oxygens (including phenoxy) is 2. The minimum atomic E-state index is -4.17. The molecule has 6 nitrogen and oxygen atoms in total. The zero-order valence-corrected chi connectivity index (χ0v) is 17.9. The van der Waals surface area contributed by atoms with Gasteiger partial charge in [0.1, 0.15) is 0 Å². The molecular weight excluding hydrogens is 413 g/mol. The van der Waals surface area contributed by atoms with Crippen molar-refractivity contribution in [2.24, 2.45) is 17.3 Å². The van der Waals surface area contributed by atoms with Crippen molar-refractivity contribution in [3.8, 4) is 5.75 Å². The molecule has 1 aliphatic heterocycles. The number of carbonyl (C=O) groups is 2. The highest BCUT2D eigenvalue weighted by atomic mass is 19.4. The van der Waals surface area contributed by atoms with Crippen molar-refractivity contribution in [1.29, 1.82) is 0 Å². The number of likely N-dealkylation sites (tertiary alicyclic amines) is 1. The summed E-state index contributed by atoms with van der Waals surface area (Å²) in [5.74, 6) is -1.91. The van der Waals surface area contributed by atoms with Crippen molar-refractivity contribution < 1.29 is 32.2 Å². The Hall–Kier alpha value is -2.32. The van der Waals surface area contributed by atoms with Crippen LogP contribution in [0.25, 0.3) is 0 Å². The molecule has 1 saturated carbocycles. The van der Waals surface area contributed by atoms with Crippen molar-refractivity contribution in [1.82, 2.24) is 9.88 Å². The van der Waals surface area contributed by atoms with Crippen LogP contribution in [0.15, 0.2) is 18.3 Å². The van der Waals surface area contributed by atoms with E-state index in [0.717, 1.165) is 0 Å². The Morgan fingerprint density at radius 2 is 1.97 bits per heavy atom. The zero-order chi connectivity index (χ0) is 22.6. The molecule has 2 fully saturated rings. The normalized spacial score (nSPS) is 26.5. The Balaban J connectivity index is 1.55. The summed E-state index contributed by atoms with van der Waals surface area (Å²) in [6.07, 6.45) is -1.36. The molecule has 3 rings (SSSR count). The van der Waals surface area contributed by atoms with Crippen LogP contribution in [0.1, 0.15) is 56.4 Å². The van der Waals surface area contributed by atoms with E-state index >= 15 is 0 Å². The largest absolute Gasteiger partial charge is 0.490 e. The van der Waals surface area contributed by atoms with Crippen LogP contribution in [0.4, 0.5) is 13.2 Å². The second-order valence-corrected chi connectivity index (χ2v) is 8.77. The van der Waals surface area contributed by atoms with Gasteiger partial charge in [0.15, 0.2) is 11.4 Å². The van der Waals surface area contributed by atoms with Crippen molar-refractivity contribution in [2.75, 3.05) is 26.3 Å². The van der Waals surface area contributed by atoms with E-state index in [1.54, 1.807) is 24.0 Å². The second-order valence-electron chi connectivity index (χ2n) is 8.77. The van der Waals surface area contributed by atoms with Gasteiger partial charge >= 0.3 is 12.1 Å². The molecule has 1 saturated heterocycles. The van der Waals surface area contributed by atoms with Crippen LogP contribution in [0.3, 0.4) is 0 Å². The Labute approximate surface area is 180 Å². The lowest BCUT2D eigenvalue weighted by Crippen LogP contribution is -2.39. The molecule has 172 valence electrons. The molecule has 1 amide bonds. The van der Waals surface area contributed by atoms with Crippen molar-refractivity contribution in [3.63, 3.8) is 0 Å². The minimum Gasteiger partial charge on any atom is -0.490 e. The fraction of sp³-hybridized carbons (Fsp3) is 0.682. The lowest BCUT2D eigenvalue weighted by atomic mass is 9.81. The number of alkyl halides is 3. The van der Waals surface area contributed by atoms with Crippen LogP contribution in [0.5, 0.6) is 5.75 Å². The SMILES string of the molecule is CCOC(=O)c1ncccc1OCC1(C)CCN(C(=O)[C@H]2CC[C@H](C(F)(F)F)CC2)C1. The van der Waals surface area contributed by atoms with Gasteiger partial charge in [-0.25, -0.2) is 9.78 Å².